The number of hydrogen-bond acceptors (Lipinski definition) is 0. The maximum absolute atomic E-state index is 3.82. The zero-order valence-electron chi connectivity index (χ0n) is 14.0. The van der Waals surface area contributed by atoms with Crippen molar-refractivity contribution in [3.05, 3.63) is 0 Å². The summed E-state index contributed by atoms with van der Waals surface area (Å²) in [5.74, 6) is 5.73. The van der Waals surface area contributed by atoms with Gasteiger partial charge in [0.15, 0.2) is 0 Å². The Labute approximate surface area is 128 Å². The molecule has 2 rings (SSSR count). The molecule has 2 aliphatic heterocycles. The fourth-order valence-corrected chi connectivity index (χ4v) is 6.06. The van der Waals surface area contributed by atoms with Gasteiger partial charge in [-0.2, -0.15) is 5.82 Å². The number of fused-ring (bicyclic) bond motifs is 2. The van der Waals surface area contributed by atoms with E-state index in [-0.39, 0.29) is 0 Å². The van der Waals surface area contributed by atoms with E-state index in [1.54, 1.807) is 0 Å². The molecule has 0 saturated carbocycles. The van der Waals surface area contributed by atoms with Gasteiger partial charge in [0.2, 0.25) is 6.71 Å². The molecule has 0 N–H and O–H groups in total. The lowest BCUT2D eigenvalue weighted by atomic mass is 9.28. The Morgan fingerprint density at radius 1 is 0.950 bits per heavy atom. The minimum Gasteiger partial charge on any atom is -0.162 e. The maximum atomic E-state index is 3.82. The van der Waals surface area contributed by atoms with Gasteiger partial charge in [-0.15, -0.1) is 5.54 Å². The molecule has 0 aromatic carbocycles. The Hall–Kier alpha value is -0.158. The van der Waals surface area contributed by atoms with Crippen molar-refractivity contribution in [3.8, 4) is 11.4 Å². The predicted octanol–water partition coefficient (Wildman–Crippen LogP) is 5.96. The van der Waals surface area contributed by atoms with Crippen LogP contribution in [0, 0.1) is 11.4 Å². The fraction of sp³-hybridized carbons (Fsp3) is 0.889. The molecular formula is C18H33BSi. The third kappa shape index (κ3) is 4.69. The summed E-state index contributed by atoms with van der Waals surface area (Å²) >= 11 is 0. The van der Waals surface area contributed by atoms with E-state index in [2.05, 4.69) is 31.4 Å². The van der Waals surface area contributed by atoms with E-state index >= 15 is 0 Å². The average Bonchev–Trinajstić information content (AvgIpc) is 2.41. The van der Waals surface area contributed by atoms with Crippen molar-refractivity contribution < 1.29 is 0 Å². The second kappa shape index (κ2) is 7.74. The highest BCUT2D eigenvalue weighted by Crippen LogP contribution is 2.45. The molecular weight excluding hydrogens is 255 g/mol. The molecule has 0 aliphatic carbocycles. The lowest BCUT2D eigenvalue weighted by Gasteiger charge is -2.37. The first-order chi connectivity index (χ1) is 9.62. The van der Waals surface area contributed by atoms with Gasteiger partial charge in [0.25, 0.3) is 0 Å². The van der Waals surface area contributed by atoms with Crippen molar-refractivity contribution in [2.45, 2.75) is 102 Å². The first-order valence-corrected chi connectivity index (χ1v) is 12.4. The van der Waals surface area contributed by atoms with Crippen molar-refractivity contribution in [1.82, 2.24) is 0 Å². The third-order valence-electron chi connectivity index (χ3n) is 5.55. The van der Waals surface area contributed by atoms with Crippen molar-refractivity contribution in [1.29, 1.82) is 0 Å². The SMILES string of the molecule is CCCCCC[Si](C)(C)C#CB1C2CCCC1CCC2. The Bertz CT molecular complexity index is 330. The standard InChI is InChI=1S/C18H33BSi/c1-4-5-6-7-15-20(2,3)16-14-19-17-10-8-11-18(19)13-9-12-17/h17-18H,4-13,15H2,1-3H3. The summed E-state index contributed by atoms with van der Waals surface area (Å²) in [6, 6.07) is 1.42. The van der Waals surface area contributed by atoms with Gasteiger partial charge < -0.3 is 0 Å². The Balaban J connectivity index is 1.87. The molecule has 2 aliphatic rings. The largest absolute Gasteiger partial charge is 0.236 e. The van der Waals surface area contributed by atoms with Crippen LogP contribution in [0.1, 0.15) is 71.1 Å². The van der Waals surface area contributed by atoms with E-state index in [1.807, 2.05) is 0 Å². The van der Waals surface area contributed by atoms with Gasteiger partial charge in [-0.3, -0.25) is 0 Å². The summed E-state index contributed by atoms with van der Waals surface area (Å²) in [4.78, 5) is 0. The molecule has 0 nitrogen and oxygen atoms in total. The topological polar surface area (TPSA) is 0 Å². The van der Waals surface area contributed by atoms with Gasteiger partial charge in [-0.25, -0.2) is 0 Å². The molecule has 112 valence electrons. The number of rotatable bonds is 5. The molecule has 0 spiro atoms. The number of hydrogen-bond donors (Lipinski definition) is 0. The van der Waals surface area contributed by atoms with Gasteiger partial charge in [0.1, 0.15) is 8.07 Å². The summed E-state index contributed by atoms with van der Waals surface area (Å²) in [6.45, 7) is 8.05. The van der Waals surface area contributed by atoms with Gasteiger partial charge in [-0.05, 0) is 17.7 Å². The summed E-state index contributed by atoms with van der Waals surface area (Å²) in [7, 11) is -1.25. The van der Waals surface area contributed by atoms with Crippen LogP contribution in [-0.2, 0) is 0 Å². The lowest BCUT2D eigenvalue weighted by Crippen LogP contribution is -2.34. The third-order valence-corrected chi connectivity index (χ3v) is 7.97. The molecule has 0 amide bonds. The van der Waals surface area contributed by atoms with Gasteiger partial charge in [0, 0.05) is 0 Å². The van der Waals surface area contributed by atoms with Crippen LogP contribution in [0.5, 0.6) is 0 Å². The molecule has 0 aromatic rings. The molecule has 0 atom stereocenters. The minimum absolute atomic E-state index is 0.778. The van der Waals surface area contributed by atoms with E-state index in [4.69, 9.17) is 0 Å². The van der Waals surface area contributed by atoms with E-state index in [9.17, 15) is 0 Å². The van der Waals surface area contributed by atoms with Crippen LogP contribution in [0.3, 0.4) is 0 Å². The molecule has 2 heteroatoms. The van der Waals surface area contributed by atoms with E-state index in [1.165, 1.54) is 70.3 Å². The van der Waals surface area contributed by atoms with Gasteiger partial charge in [0.05, 0.1) is 0 Å². The van der Waals surface area contributed by atoms with E-state index in [0.717, 1.165) is 18.3 Å². The van der Waals surface area contributed by atoms with Crippen molar-refractivity contribution in [3.63, 3.8) is 0 Å². The molecule has 20 heavy (non-hydrogen) atoms. The highest BCUT2D eigenvalue weighted by molar-refractivity contribution is 6.86. The number of unbranched alkanes of at least 4 members (excludes halogenated alkanes) is 3. The summed E-state index contributed by atoms with van der Waals surface area (Å²) in [5.41, 5.74) is 3.82. The van der Waals surface area contributed by atoms with Crippen molar-refractivity contribution in [2.75, 3.05) is 0 Å². The second-order valence-corrected chi connectivity index (χ2v) is 12.4. The minimum atomic E-state index is -1.25. The zero-order chi connectivity index (χ0) is 14.4. The molecule has 0 aromatic heterocycles. The normalized spacial score (nSPS) is 26.1. The quantitative estimate of drug-likeness (QED) is 0.332. The van der Waals surface area contributed by atoms with Crippen LogP contribution in [-0.4, -0.2) is 14.8 Å². The van der Waals surface area contributed by atoms with Crippen LogP contribution in [0.4, 0.5) is 0 Å². The Morgan fingerprint density at radius 3 is 2.10 bits per heavy atom. The summed E-state index contributed by atoms with van der Waals surface area (Å²) < 4.78 is 0. The van der Waals surface area contributed by atoms with Gasteiger partial charge in [-0.1, -0.05) is 84.2 Å². The summed E-state index contributed by atoms with van der Waals surface area (Å²) in [6.07, 6.45) is 14.4. The van der Waals surface area contributed by atoms with Crippen LogP contribution in [0.15, 0.2) is 0 Å². The molecule has 2 saturated heterocycles. The predicted molar refractivity (Wildman–Crippen MR) is 95.2 cm³/mol. The summed E-state index contributed by atoms with van der Waals surface area (Å²) in [5, 5.41) is 0. The molecule has 2 heterocycles. The monoisotopic (exact) mass is 288 g/mol. The van der Waals surface area contributed by atoms with Crippen LogP contribution < -0.4 is 0 Å². The molecule has 2 fully saturated rings. The highest BCUT2D eigenvalue weighted by Gasteiger charge is 2.38. The lowest BCUT2D eigenvalue weighted by molar-refractivity contribution is 0.448. The Kier molecular flexibility index (Phi) is 6.27. The van der Waals surface area contributed by atoms with E-state index in [0.29, 0.717) is 0 Å². The van der Waals surface area contributed by atoms with Crippen LogP contribution in [0.2, 0.25) is 30.8 Å². The highest BCUT2D eigenvalue weighted by atomic mass is 28.3. The van der Waals surface area contributed by atoms with Crippen molar-refractivity contribution >= 4 is 14.8 Å². The first-order valence-electron chi connectivity index (χ1n) is 9.15. The molecule has 2 bridgehead atoms. The van der Waals surface area contributed by atoms with Crippen LogP contribution in [0.25, 0.3) is 0 Å². The zero-order valence-corrected chi connectivity index (χ0v) is 15.0. The second-order valence-electron chi connectivity index (χ2n) is 7.87. The van der Waals surface area contributed by atoms with Gasteiger partial charge >= 0.3 is 0 Å². The smallest absolute Gasteiger partial charge is 0.162 e. The molecule has 0 unspecified atom stereocenters. The Morgan fingerprint density at radius 2 is 1.55 bits per heavy atom. The van der Waals surface area contributed by atoms with Crippen molar-refractivity contribution in [2.24, 2.45) is 0 Å². The first kappa shape index (κ1) is 16.2. The fourth-order valence-electron chi connectivity index (χ4n) is 4.25. The van der Waals surface area contributed by atoms with E-state index < -0.39 is 8.07 Å². The molecule has 0 radical (unpaired) electrons. The average molecular weight is 288 g/mol. The van der Waals surface area contributed by atoms with Crippen LogP contribution >= 0.6 is 0 Å². The maximum Gasteiger partial charge on any atom is 0.236 e.